The molecule has 1 rings (SSSR count). The van der Waals surface area contributed by atoms with E-state index in [2.05, 4.69) is 23.7 Å². The predicted molar refractivity (Wildman–Crippen MR) is 74.5 cm³/mol. The van der Waals surface area contributed by atoms with Gasteiger partial charge in [0.15, 0.2) is 5.76 Å². The zero-order valence-electron chi connectivity index (χ0n) is 12.2. The van der Waals surface area contributed by atoms with E-state index in [0.717, 1.165) is 25.7 Å². The van der Waals surface area contributed by atoms with Crippen LogP contribution in [0.1, 0.15) is 51.0 Å². The molecule has 110 valence electrons. The van der Waals surface area contributed by atoms with Crippen molar-refractivity contribution in [2.24, 2.45) is 5.92 Å². The van der Waals surface area contributed by atoms with E-state index in [1.807, 2.05) is 0 Å². The van der Waals surface area contributed by atoms with Gasteiger partial charge in [0.2, 0.25) is 10.0 Å². The van der Waals surface area contributed by atoms with E-state index in [1.54, 1.807) is 13.8 Å². The van der Waals surface area contributed by atoms with Crippen molar-refractivity contribution in [3.8, 4) is 0 Å². The lowest BCUT2D eigenvalue weighted by molar-refractivity contribution is 0.390. The molecule has 1 atom stereocenters. The van der Waals surface area contributed by atoms with Crippen LogP contribution >= 0.6 is 0 Å². The maximum Gasteiger partial charge on any atom is 0.245 e. The van der Waals surface area contributed by atoms with E-state index in [-0.39, 0.29) is 4.90 Å². The molecule has 19 heavy (non-hydrogen) atoms. The molecule has 0 aliphatic carbocycles. The van der Waals surface area contributed by atoms with Crippen molar-refractivity contribution in [1.82, 2.24) is 9.88 Å². The second-order valence-corrected chi connectivity index (χ2v) is 6.63. The van der Waals surface area contributed by atoms with Crippen LogP contribution in [0.4, 0.5) is 0 Å². The van der Waals surface area contributed by atoms with Gasteiger partial charge < -0.3 is 4.52 Å². The van der Waals surface area contributed by atoms with Crippen LogP contribution in [0.2, 0.25) is 0 Å². The van der Waals surface area contributed by atoms with Crippen molar-refractivity contribution < 1.29 is 12.9 Å². The molecule has 5 nitrogen and oxygen atoms in total. The van der Waals surface area contributed by atoms with Gasteiger partial charge in [-0.25, -0.2) is 13.1 Å². The Kier molecular flexibility index (Phi) is 6.00. The van der Waals surface area contributed by atoms with Crippen LogP contribution in [-0.2, 0) is 10.0 Å². The van der Waals surface area contributed by atoms with E-state index in [9.17, 15) is 8.42 Å². The minimum absolute atomic E-state index is 0.179. The SMILES string of the molecule is CCCC[C@H](CC)CNS(=O)(=O)c1c(C)noc1C. The van der Waals surface area contributed by atoms with Gasteiger partial charge in [0, 0.05) is 6.54 Å². The molecule has 1 aromatic rings. The quantitative estimate of drug-likeness (QED) is 0.798. The number of unbranched alkanes of at least 4 members (excludes halogenated alkanes) is 1. The third kappa shape index (κ3) is 4.31. The average Bonchev–Trinajstić information content (AvgIpc) is 2.70. The summed E-state index contributed by atoms with van der Waals surface area (Å²) in [5, 5.41) is 3.69. The van der Waals surface area contributed by atoms with Crippen molar-refractivity contribution in [1.29, 1.82) is 0 Å². The second-order valence-electron chi connectivity index (χ2n) is 4.92. The van der Waals surface area contributed by atoms with Crippen molar-refractivity contribution in [3.05, 3.63) is 11.5 Å². The highest BCUT2D eigenvalue weighted by Gasteiger charge is 2.24. The zero-order valence-corrected chi connectivity index (χ0v) is 13.0. The number of aryl methyl sites for hydroxylation is 2. The first-order valence-electron chi connectivity index (χ1n) is 6.84. The van der Waals surface area contributed by atoms with Gasteiger partial charge in [-0.3, -0.25) is 0 Å². The van der Waals surface area contributed by atoms with E-state index in [0.29, 0.717) is 23.9 Å². The number of hydrogen-bond acceptors (Lipinski definition) is 4. The van der Waals surface area contributed by atoms with Crippen LogP contribution in [0.3, 0.4) is 0 Å². The van der Waals surface area contributed by atoms with Gasteiger partial charge in [0.1, 0.15) is 10.6 Å². The third-order valence-corrected chi connectivity index (χ3v) is 5.01. The first-order valence-corrected chi connectivity index (χ1v) is 8.33. The number of sulfonamides is 1. The summed E-state index contributed by atoms with van der Waals surface area (Å²) >= 11 is 0. The molecular weight excluding hydrogens is 264 g/mol. The number of rotatable bonds is 8. The summed E-state index contributed by atoms with van der Waals surface area (Å²) in [5.74, 6) is 0.724. The van der Waals surface area contributed by atoms with Crippen LogP contribution in [0.25, 0.3) is 0 Å². The second kappa shape index (κ2) is 7.05. The standard InChI is InChI=1S/C13H24N2O3S/c1-5-7-8-12(6-2)9-14-19(16,17)13-10(3)15-18-11(13)4/h12,14H,5-9H2,1-4H3/t12-/m0/s1. The van der Waals surface area contributed by atoms with Gasteiger partial charge in [-0.1, -0.05) is 38.3 Å². The molecule has 1 aromatic heterocycles. The summed E-state index contributed by atoms with van der Waals surface area (Å²) in [6.07, 6.45) is 4.29. The fourth-order valence-corrected chi connectivity index (χ4v) is 3.54. The largest absolute Gasteiger partial charge is 0.360 e. The normalized spacial score (nSPS) is 13.7. The first kappa shape index (κ1) is 16.2. The average molecular weight is 288 g/mol. The molecule has 0 fully saturated rings. The van der Waals surface area contributed by atoms with Gasteiger partial charge in [-0.15, -0.1) is 0 Å². The van der Waals surface area contributed by atoms with Gasteiger partial charge in [0.25, 0.3) is 0 Å². The molecule has 1 heterocycles. The lowest BCUT2D eigenvalue weighted by Gasteiger charge is -2.15. The number of hydrogen-bond donors (Lipinski definition) is 1. The Morgan fingerprint density at radius 2 is 2.00 bits per heavy atom. The van der Waals surface area contributed by atoms with Crippen molar-refractivity contribution in [3.63, 3.8) is 0 Å². The summed E-state index contributed by atoms with van der Waals surface area (Å²) in [6.45, 7) is 7.95. The van der Waals surface area contributed by atoms with Crippen molar-refractivity contribution in [2.45, 2.75) is 58.3 Å². The fraction of sp³-hybridized carbons (Fsp3) is 0.769. The van der Waals surface area contributed by atoms with E-state index < -0.39 is 10.0 Å². The van der Waals surface area contributed by atoms with Gasteiger partial charge >= 0.3 is 0 Å². The lowest BCUT2D eigenvalue weighted by atomic mass is 10.00. The van der Waals surface area contributed by atoms with Crippen molar-refractivity contribution in [2.75, 3.05) is 6.54 Å². The fourth-order valence-electron chi connectivity index (χ4n) is 2.10. The molecule has 0 bridgehead atoms. The molecule has 0 aliphatic rings. The summed E-state index contributed by atoms with van der Waals surface area (Å²) in [5.41, 5.74) is 0.409. The van der Waals surface area contributed by atoms with Crippen LogP contribution in [0.5, 0.6) is 0 Å². The maximum absolute atomic E-state index is 12.2. The highest BCUT2D eigenvalue weighted by molar-refractivity contribution is 7.89. The Morgan fingerprint density at radius 3 is 2.47 bits per heavy atom. The molecule has 1 N–H and O–H groups in total. The Bertz CT molecular complexity index is 474. The van der Waals surface area contributed by atoms with Crippen LogP contribution in [0, 0.1) is 19.8 Å². The molecule has 0 radical (unpaired) electrons. The third-order valence-electron chi connectivity index (χ3n) is 3.34. The number of aromatic nitrogens is 1. The molecule has 0 amide bonds. The predicted octanol–water partition coefficient (Wildman–Crippen LogP) is 2.79. The highest BCUT2D eigenvalue weighted by atomic mass is 32.2. The summed E-state index contributed by atoms with van der Waals surface area (Å²) in [6, 6.07) is 0. The van der Waals surface area contributed by atoms with E-state index >= 15 is 0 Å². The summed E-state index contributed by atoms with van der Waals surface area (Å²) in [7, 11) is -3.51. The molecule has 0 saturated heterocycles. The van der Waals surface area contributed by atoms with Crippen LogP contribution in [0.15, 0.2) is 9.42 Å². The van der Waals surface area contributed by atoms with Gasteiger partial charge in [0.05, 0.1) is 0 Å². The minimum Gasteiger partial charge on any atom is -0.360 e. The molecule has 0 aliphatic heterocycles. The highest BCUT2D eigenvalue weighted by Crippen LogP contribution is 2.19. The van der Waals surface area contributed by atoms with Crippen LogP contribution < -0.4 is 4.72 Å². The lowest BCUT2D eigenvalue weighted by Crippen LogP contribution is -2.30. The smallest absolute Gasteiger partial charge is 0.245 e. The number of nitrogens with one attached hydrogen (secondary N) is 1. The number of nitrogens with zero attached hydrogens (tertiary/aromatic N) is 1. The zero-order chi connectivity index (χ0) is 14.5. The van der Waals surface area contributed by atoms with E-state index in [1.165, 1.54) is 0 Å². The summed E-state index contributed by atoms with van der Waals surface area (Å²) < 4.78 is 32.0. The molecule has 0 aromatic carbocycles. The molecular formula is C13H24N2O3S. The maximum atomic E-state index is 12.2. The topological polar surface area (TPSA) is 72.2 Å². The van der Waals surface area contributed by atoms with E-state index in [4.69, 9.17) is 4.52 Å². The van der Waals surface area contributed by atoms with Gasteiger partial charge in [-0.05, 0) is 26.2 Å². The Morgan fingerprint density at radius 1 is 1.32 bits per heavy atom. The van der Waals surface area contributed by atoms with Crippen molar-refractivity contribution >= 4 is 10.0 Å². The Labute approximate surface area is 115 Å². The van der Waals surface area contributed by atoms with Gasteiger partial charge in [-0.2, -0.15) is 0 Å². The molecule has 0 unspecified atom stereocenters. The molecule has 0 spiro atoms. The Balaban J connectivity index is 2.70. The van der Waals surface area contributed by atoms with Crippen LogP contribution in [-0.4, -0.2) is 20.1 Å². The monoisotopic (exact) mass is 288 g/mol. The first-order chi connectivity index (χ1) is 8.92. The molecule has 6 heteroatoms. The molecule has 0 saturated carbocycles. The Hall–Kier alpha value is -0.880. The minimum atomic E-state index is -3.51. The summed E-state index contributed by atoms with van der Waals surface area (Å²) in [4.78, 5) is 0.179.